The monoisotopic (exact) mass is 197 g/mol. The molecule has 0 saturated carbocycles. The standard InChI is InChI=1S/CH2O2.Cs.H3N.H/c2-1-3;;;/h1H,(H,2,3);;1H3;/q;+1;;-1. The number of hydrogen-bond acceptors (Lipinski definition) is 2. The zero-order valence-electron chi connectivity index (χ0n) is 4.14. The van der Waals surface area contributed by atoms with E-state index >= 15 is 0 Å². The van der Waals surface area contributed by atoms with Gasteiger partial charge in [-0.2, -0.15) is 0 Å². The maximum absolute atomic E-state index is 8.36. The molecule has 4 N–H and O–H groups in total. The van der Waals surface area contributed by atoms with Crippen molar-refractivity contribution in [2.75, 3.05) is 0 Å². The van der Waals surface area contributed by atoms with Gasteiger partial charge in [-0.1, -0.05) is 0 Å². The van der Waals surface area contributed by atoms with Crippen molar-refractivity contribution in [2.45, 2.75) is 0 Å². The summed E-state index contributed by atoms with van der Waals surface area (Å²) in [5.74, 6) is 0. The van der Waals surface area contributed by atoms with Crippen LogP contribution < -0.4 is 75.0 Å². The molecule has 0 unspecified atom stereocenters. The van der Waals surface area contributed by atoms with Gasteiger partial charge < -0.3 is 12.7 Å². The van der Waals surface area contributed by atoms with E-state index in [4.69, 9.17) is 9.90 Å². The summed E-state index contributed by atoms with van der Waals surface area (Å²) in [6.07, 6.45) is 0. The first kappa shape index (κ1) is 16.1. The topological polar surface area (TPSA) is 72.3 Å². The van der Waals surface area contributed by atoms with Crippen LogP contribution in [-0.4, -0.2) is 11.6 Å². The van der Waals surface area contributed by atoms with Crippen LogP contribution in [0.3, 0.4) is 0 Å². The Kier molecular flexibility index (Phi) is 57.4. The molecule has 0 fully saturated rings. The van der Waals surface area contributed by atoms with E-state index < -0.39 is 0 Å². The fraction of sp³-hybridized carbons (Fsp3) is 0. The van der Waals surface area contributed by atoms with E-state index in [9.17, 15) is 0 Å². The quantitative estimate of drug-likeness (QED) is 0.406. The van der Waals surface area contributed by atoms with Crippen LogP contribution in [0.5, 0.6) is 0 Å². The van der Waals surface area contributed by atoms with Crippen molar-refractivity contribution >= 4 is 6.47 Å². The zero-order valence-corrected chi connectivity index (χ0v) is 9.42. The van der Waals surface area contributed by atoms with Crippen LogP contribution in [0.2, 0.25) is 0 Å². The Labute approximate surface area is 90.6 Å². The van der Waals surface area contributed by atoms with Crippen molar-refractivity contribution < 1.29 is 80.2 Å². The van der Waals surface area contributed by atoms with Gasteiger partial charge in [-0.05, 0) is 0 Å². The Morgan fingerprint density at radius 2 is 1.80 bits per heavy atom. The van der Waals surface area contributed by atoms with E-state index in [0.29, 0.717) is 0 Å². The van der Waals surface area contributed by atoms with Gasteiger partial charge in [-0.25, -0.2) is 0 Å². The predicted molar refractivity (Wildman–Crippen MR) is 14.8 cm³/mol. The van der Waals surface area contributed by atoms with Crippen LogP contribution in [-0.2, 0) is 4.79 Å². The van der Waals surface area contributed by atoms with Crippen LogP contribution in [0.15, 0.2) is 0 Å². The molecule has 28 valence electrons. The predicted octanol–water partition coefficient (Wildman–Crippen LogP) is -3.02. The van der Waals surface area contributed by atoms with Gasteiger partial charge in [0.15, 0.2) is 0 Å². The molecular weight excluding hydrogens is 191 g/mol. The summed E-state index contributed by atoms with van der Waals surface area (Å²) < 4.78 is 0. The average molecular weight is 197 g/mol. The third-order valence-corrected chi connectivity index (χ3v) is 0. The van der Waals surface area contributed by atoms with Gasteiger partial charge in [0.25, 0.3) is 6.47 Å². The van der Waals surface area contributed by atoms with Gasteiger partial charge >= 0.3 is 68.9 Å². The first-order chi connectivity index (χ1) is 1.41. The van der Waals surface area contributed by atoms with Crippen LogP contribution in [0, 0.1) is 0 Å². The van der Waals surface area contributed by atoms with Crippen LogP contribution in [0.25, 0.3) is 0 Å². The molecule has 0 radical (unpaired) electrons. The molecule has 5 heavy (non-hydrogen) atoms. The molecule has 0 amide bonds. The van der Waals surface area contributed by atoms with Gasteiger partial charge in [0.05, 0.1) is 0 Å². The van der Waals surface area contributed by atoms with Crippen LogP contribution in [0.4, 0.5) is 0 Å². The third kappa shape index (κ3) is 30.3. The molecule has 0 heterocycles. The van der Waals surface area contributed by atoms with Crippen molar-refractivity contribution in [3.63, 3.8) is 0 Å². The van der Waals surface area contributed by atoms with Crippen molar-refractivity contribution in [3.05, 3.63) is 0 Å². The zero-order chi connectivity index (χ0) is 2.71. The minimum atomic E-state index is -0.250. The van der Waals surface area contributed by atoms with Gasteiger partial charge in [0.1, 0.15) is 0 Å². The second-order valence-corrected chi connectivity index (χ2v) is 0.105. The van der Waals surface area contributed by atoms with Crippen molar-refractivity contribution in [1.29, 1.82) is 0 Å². The number of carbonyl (C=O) groups is 1. The van der Waals surface area contributed by atoms with Crippen LogP contribution in [0.1, 0.15) is 1.43 Å². The van der Waals surface area contributed by atoms with E-state index in [1.165, 1.54) is 0 Å². The molecule has 4 heteroatoms. The van der Waals surface area contributed by atoms with E-state index in [0.717, 1.165) is 0 Å². The molecule has 0 rings (SSSR count). The van der Waals surface area contributed by atoms with Crippen molar-refractivity contribution in [1.82, 2.24) is 6.15 Å². The molecule has 3 nitrogen and oxygen atoms in total. The van der Waals surface area contributed by atoms with E-state index in [1.807, 2.05) is 0 Å². The molecule has 0 aliphatic rings. The number of rotatable bonds is 0. The maximum Gasteiger partial charge on any atom is 1.00 e. The number of carboxylic acid groups (broad SMARTS) is 1. The van der Waals surface area contributed by atoms with E-state index in [1.54, 1.807) is 0 Å². The molecule has 0 aliphatic heterocycles. The fourth-order valence-corrected chi connectivity index (χ4v) is 0. The number of hydrogen-bond donors (Lipinski definition) is 2. The summed E-state index contributed by atoms with van der Waals surface area (Å²) in [5, 5.41) is 6.89. The third-order valence-electron chi connectivity index (χ3n) is 0. The van der Waals surface area contributed by atoms with E-state index in [-0.39, 0.29) is 82.9 Å². The summed E-state index contributed by atoms with van der Waals surface area (Å²) in [5.41, 5.74) is 0. The van der Waals surface area contributed by atoms with Gasteiger partial charge in [0.2, 0.25) is 0 Å². The Morgan fingerprint density at radius 3 is 1.80 bits per heavy atom. The van der Waals surface area contributed by atoms with Gasteiger partial charge in [0, 0.05) is 0 Å². The summed E-state index contributed by atoms with van der Waals surface area (Å²) in [6.45, 7) is -0.250. The average Bonchev–Trinajstić information content (AvgIpc) is 0.918. The molecule has 0 atom stereocenters. The smallest absolute Gasteiger partial charge is 1.00 e. The normalized spacial score (nSPS) is 2.40. The molecule has 0 aromatic carbocycles. The summed E-state index contributed by atoms with van der Waals surface area (Å²) in [4.78, 5) is 8.36. The van der Waals surface area contributed by atoms with Gasteiger partial charge in [-0.15, -0.1) is 0 Å². The molecule has 0 bridgehead atoms. The van der Waals surface area contributed by atoms with Crippen LogP contribution >= 0.6 is 0 Å². The Balaban J connectivity index is -0.00000000667. The Morgan fingerprint density at radius 1 is 1.80 bits per heavy atom. The largest absolute Gasteiger partial charge is 1.00 e. The van der Waals surface area contributed by atoms with Gasteiger partial charge in [-0.3, -0.25) is 4.79 Å². The first-order valence-electron chi connectivity index (χ1n) is 0.494. The van der Waals surface area contributed by atoms with E-state index in [2.05, 4.69) is 0 Å². The molecule has 0 aliphatic carbocycles. The molecule has 0 saturated heterocycles. The Bertz CT molecular complexity index is 21.0. The van der Waals surface area contributed by atoms with Crippen molar-refractivity contribution in [2.24, 2.45) is 0 Å². The van der Waals surface area contributed by atoms with Crippen molar-refractivity contribution in [3.8, 4) is 0 Å². The molecular formula is CH6CsNO2. The second-order valence-electron chi connectivity index (χ2n) is 0.105. The summed E-state index contributed by atoms with van der Waals surface area (Å²) >= 11 is 0. The molecule has 0 spiro atoms. The summed E-state index contributed by atoms with van der Waals surface area (Å²) in [7, 11) is 0. The SMILES string of the molecule is N.O=CO.[Cs+].[H-]. The minimum Gasteiger partial charge on any atom is -1.00 e. The Hall–Kier alpha value is 1.48. The minimum absolute atomic E-state index is 0. The molecule has 0 aromatic rings. The first-order valence-corrected chi connectivity index (χ1v) is 0.494. The molecule has 0 aromatic heterocycles. The maximum atomic E-state index is 8.36. The second kappa shape index (κ2) is 17.9. The fourth-order valence-electron chi connectivity index (χ4n) is 0. The summed E-state index contributed by atoms with van der Waals surface area (Å²) in [6, 6.07) is 0.